The Kier molecular flexibility index (Phi) is 8.48. The molecule has 1 aromatic carbocycles. The van der Waals surface area contributed by atoms with Crippen LogP contribution in [-0.4, -0.2) is 90.0 Å². The Bertz CT molecular complexity index is 1040. The molecule has 4 rings (SSSR count). The van der Waals surface area contributed by atoms with E-state index in [1.54, 1.807) is 23.4 Å². The molecular formula is C26H34N6O4. The lowest BCUT2D eigenvalue weighted by atomic mass is 9.97. The number of amides is 2. The summed E-state index contributed by atoms with van der Waals surface area (Å²) >= 11 is 0. The molecule has 3 heterocycles. The quantitative estimate of drug-likeness (QED) is 0.579. The van der Waals surface area contributed by atoms with Gasteiger partial charge in [-0.25, -0.2) is 9.97 Å². The van der Waals surface area contributed by atoms with Crippen molar-refractivity contribution in [1.82, 2.24) is 19.8 Å². The second-order valence-electron chi connectivity index (χ2n) is 9.39. The first-order valence-electron chi connectivity index (χ1n) is 12.5. The summed E-state index contributed by atoms with van der Waals surface area (Å²) in [4.78, 5) is 51.9. The van der Waals surface area contributed by atoms with Gasteiger partial charge >= 0.3 is 5.97 Å². The van der Waals surface area contributed by atoms with Crippen LogP contribution in [0.3, 0.4) is 0 Å². The van der Waals surface area contributed by atoms with Gasteiger partial charge in [0.05, 0.1) is 12.5 Å². The molecule has 0 bridgehead atoms. The SMILES string of the molecule is Cc1cccc(C)c1NC(=O)CN1CCN(C(=O)COC(=O)C2CCN(c3ncccn3)CC2)CC1. The Hall–Kier alpha value is -3.53. The Balaban J connectivity index is 1.14. The summed E-state index contributed by atoms with van der Waals surface area (Å²) in [6.07, 6.45) is 4.70. The van der Waals surface area contributed by atoms with Gasteiger partial charge in [0.25, 0.3) is 5.91 Å². The molecule has 0 atom stereocenters. The highest BCUT2D eigenvalue weighted by atomic mass is 16.5. The minimum atomic E-state index is -0.321. The second kappa shape index (κ2) is 11.9. The standard InChI is InChI=1S/C26H34N6O4/c1-19-5-3-6-20(2)24(19)29-22(33)17-30-13-15-31(16-14-30)23(34)18-36-25(35)21-7-11-32(12-8-21)26-27-9-4-10-28-26/h3-6,9-10,21H,7-8,11-18H2,1-2H3,(H,29,33). The largest absolute Gasteiger partial charge is 0.455 e. The number of anilines is 2. The molecule has 0 aliphatic carbocycles. The van der Waals surface area contributed by atoms with E-state index in [1.807, 2.05) is 36.9 Å². The van der Waals surface area contributed by atoms with Crippen LogP contribution in [0.25, 0.3) is 0 Å². The minimum Gasteiger partial charge on any atom is -0.455 e. The summed E-state index contributed by atoms with van der Waals surface area (Å²) in [7, 11) is 0. The van der Waals surface area contributed by atoms with E-state index in [0.29, 0.717) is 58.1 Å². The predicted octanol–water partition coefficient (Wildman–Crippen LogP) is 1.64. The van der Waals surface area contributed by atoms with Crippen molar-refractivity contribution in [2.24, 2.45) is 5.92 Å². The highest BCUT2D eigenvalue weighted by Gasteiger charge is 2.29. The smallest absolute Gasteiger partial charge is 0.309 e. The van der Waals surface area contributed by atoms with E-state index < -0.39 is 0 Å². The third-order valence-electron chi connectivity index (χ3n) is 6.84. The van der Waals surface area contributed by atoms with Gasteiger partial charge in [0.2, 0.25) is 11.9 Å². The maximum absolute atomic E-state index is 12.6. The fourth-order valence-electron chi connectivity index (χ4n) is 4.66. The third-order valence-corrected chi connectivity index (χ3v) is 6.84. The van der Waals surface area contributed by atoms with Gasteiger partial charge in [-0.15, -0.1) is 0 Å². The van der Waals surface area contributed by atoms with Gasteiger partial charge in [0.15, 0.2) is 6.61 Å². The Morgan fingerprint density at radius 2 is 1.58 bits per heavy atom. The van der Waals surface area contributed by atoms with Crippen LogP contribution in [0.1, 0.15) is 24.0 Å². The summed E-state index contributed by atoms with van der Waals surface area (Å²) in [6.45, 7) is 7.54. The van der Waals surface area contributed by atoms with Crippen molar-refractivity contribution in [2.75, 3.05) is 62.6 Å². The highest BCUT2D eigenvalue weighted by molar-refractivity contribution is 5.93. The summed E-state index contributed by atoms with van der Waals surface area (Å²) in [6, 6.07) is 7.69. The lowest BCUT2D eigenvalue weighted by Crippen LogP contribution is -2.51. The molecule has 10 nitrogen and oxygen atoms in total. The van der Waals surface area contributed by atoms with Gasteiger partial charge in [0.1, 0.15) is 0 Å². The van der Waals surface area contributed by atoms with Crippen LogP contribution in [0, 0.1) is 19.8 Å². The van der Waals surface area contributed by atoms with Crippen LogP contribution < -0.4 is 10.2 Å². The van der Waals surface area contributed by atoms with Crippen LogP contribution in [0.4, 0.5) is 11.6 Å². The molecule has 0 saturated carbocycles. The average molecular weight is 495 g/mol. The monoisotopic (exact) mass is 494 g/mol. The summed E-state index contributed by atoms with van der Waals surface area (Å²) in [5.74, 6) is -0.130. The van der Waals surface area contributed by atoms with Gasteiger partial charge in [-0.3, -0.25) is 19.3 Å². The zero-order valence-electron chi connectivity index (χ0n) is 21.0. The number of hydrogen-bond acceptors (Lipinski definition) is 8. The van der Waals surface area contributed by atoms with Crippen molar-refractivity contribution >= 4 is 29.4 Å². The number of aromatic nitrogens is 2. The molecule has 2 saturated heterocycles. The number of piperidine rings is 1. The van der Waals surface area contributed by atoms with Crippen molar-refractivity contribution in [2.45, 2.75) is 26.7 Å². The molecule has 0 spiro atoms. The Morgan fingerprint density at radius 1 is 0.944 bits per heavy atom. The Labute approximate surface area is 211 Å². The first-order valence-corrected chi connectivity index (χ1v) is 12.5. The number of rotatable bonds is 7. The van der Waals surface area contributed by atoms with Gasteiger partial charge in [-0.05, 0) is 43.9 Å². The number of nitrogens with zero attached hydrogens (tertiary/aromatic N) is 5. The molecule has 10 heteroatoms. The number of benzene rings is 1. The van der Waals surface area contributed by atoms with Crippen LogP contribution in [0.15, 0.2) is 36.7 Å². The molecular weight excluding hydrogens is 460 g/mol. The first kappa shape index (κ1) is 25.6. The molecule has 1 aromatic heterocycles. The summed E-state index contributed by atoms with van der Waals surface area (Å²) in [5, 5.41) is 3.01. The normalized spacial score (nSPS) is 17.1. The molecule has 1 N–H and O–H groups in total. The number of esters is 1. The number of carbonyl (C=O) groups is 3. The molecule has 192 valence electrons. The lowest BCUT2D eigenvalue weighted by Gasteiger charge is -2.34. The van der Waals surface area contributed by atoms with E-state index in [4.69, 9.17) is 4.74 Å². The van der Waals surface area contributed by atoms with E-state index in [9.17, 15) is 14.4 Å². The van der Waals surface area contributed by atoms with Crippen LogP contribution in [0.2, 0.25) is 0 Å². The zero-order chi connectivity index (χ0) is 25.5. The van der Waals surface area contributed by atoms with Crippen LogP contribution in [0.5, 0.6) is 0 Å². The number of piperazine rings is 1. The van der Waals surface area contributed by atoms with Crippen molar-refractivity contribution < 1.29 is 19.1 Å². The Morgan fingerprint density at radius 3 is 2.22 bits per heavy atom. The molecule has 36 heavy (non-hydrogen) atoms. The fraction of sp³-hybridized carbons (Fsp3) is 0.500. The lowest BCUT2D eigenvalue weighted by molar-refractivity contribution is -0.156. The molecule has 2 fully saturated rings. The number of aryl methyl sites for hydroxylation is 2. The highest BCUT2D eigenvalue weighted by Crippen LogP contribution is 2.22. The van der Waals surface area contributed by atoms with Crippen molar-refractivity contribution in [1.29, 1.82) is 0 Å². The average Bonchev–Trinajstić information content (AvgIpc) is 2.90. The molecule has 0 radical (unpaired) electrons. The van der Waals surface area contributed by atoms with Crippen molar-refractivity contribution in [3.8, 4) is 0 Å². The maximum atomic E-state index is 12.6. The molecule has 2 aliphatic heterocycles. The predicted molar refractivity (Wildman–Crippen MR) is 135 cm³/mol. The molecule has 2 aromatic rings. The molecule has 2 aliphatic rings. The van der Waals surface area contributed by atoms with Crippen molar-refractivity contribution in [3.63, 3.8) is 0 Å². The molecule has 0 unspecified atom stereocenters. The topological polar surface area (TPSA) is 108 Å². The second-order valence-corrected chi connectivity index (χ2v) is 9.39. The minimum absolute atomic E-state index is 0.0639. The van der Waals surface area contributed by atoms with E-state index in [2.05, 4.69) is 20.2 Å². The van der Waals surface area contributed by atoms with E-state index in [-0.39, 0.29) is 36.9 Å². The fourth-order valence-corrected chi connectivity index (χ4v) is 4.66. The van der Waals surface area contributed by atoms with Crippen LogP contribution >= 0.6 is 0 Å². The maximum Gasteiger partial charge on any atom is 0.309 e. The summed E-state index contributed by atoms with van der Waals surface area (Å²) in [5.41, 5.74) is 2.92. The number of carbonyl (C=O) groups excluding carboxylic acids is 3. The number of hydrogen-bond donors (Lipinski definition) is 1. The molecule has 2 amide bonds. The van der Waals surface area contributed by atoms with Crippen molar-refractivity contribution in [3.05, 3.63) is 47.8 Å². The number of para-hydroxylation sites is 1. The summed E-state index contributed by atoms with van der Waals surface area (Å²) < 4.78 is 5.36. The first-order chi connectivity index (χ1) is 17.4. The van der Waals surface area contributed by atoms with Crippen LogP contribution in [-0.2, 0) is 19.1 Å². The van der Waals surface area contributed by atoms with Gasteiger partial charge in [-0.1, -0.05) is 18.2 Å². The van der Waals surface area contributed by atoms with E-state index >= 15 is 0 Å². The number of nitrogens with one attached hydrogen (secondary N) is 1. The van der Waals surface area contributed by atoms with Gasteiger partial charge in [0, 0.05) is 57.3 Å². The third kappa shape index (κ3) is 6.57. The van der Waals surface area contributed by atoms with E-state index in [1.165, 1.54) is 0 Å². The van der Waals surface area contributed by atoms with E-state index in [0.717, 1.165) is 16.8 Å². The van der Waals surface area contributed by atoms with Gasteiger partial charge < -0.3 is 19.9 Å². The number of ether oxygens (including phenoxy) is 1. The zero-order valence-corrected chi connectivity index (χ0v) is 21.0. The van der Waals surface area contributed by atoms with Gasteiger partial charge in [-0.2, -0.15) is 0 Å².